The zero-order chi connectivity index (χ0) is 29.9. The lowest BCUT2D eigenvalue weighted by atomic mass is 9.96. The van der Waals surface area contributed by atoms with Crippen LogP contribution in [0.25, 0.3) is 0 Å². The van der Waals surface area contributed by atoms with E-state index >= 15 is 0 Å². The molecule has 0 spiro atoms. The summed E-state index contributed by atoms with van der Waals surface area (Å²) < 4.78 is 0. The molecule has 1 aliphatic rings. The van der Waals surface area contributed by atoms with Crippen molar-refractivity contribution in [3.63, 3.8) is 0 Å². The highest BCUT2D eigenvalue weighted by Crippen LogP contribution is 2.37. The Bertz CT molecular complexity index is 1760. The molecule has 0 saturated heterocycles. The SMILES string of the molecule is Nc1ccc(Nc2ccc(Nc3ccc4c(c3)Cc3cc(Nc5ccc(Nc6ccc(N)cc6)cc5)ccc3N4)cc2)cc1. The van der Waals surface area contributed by atoms with Gasteiger partial charge in [-0.3, -0.25) is 0 Å². The van der Waals surface area contributed by atoms with E-state index in [0.717, 1.165) is 74.7 Å². The number of fused-ring (bicyclic) bond motifs is 2. The van der Waals surface area contributed by atoms with E-state index in [0.29, 0.717) is 0 Å². The lowest BCUT2D eigenvalue weighted by Crippen LogP contribution is -2.08. The summed E-state index contributed by atoms with van der Waals surface area (Å²) in [6.07, 6.45) is 0.845. The first kappa shape index (κ1) is 26.8. The molecule has 0 amide bonds. The average Bonchev–Trinajstić information content (AvgIpc) is 3.04. The third kappa shape index (κ3) is 6.22. The van der Waals surface area contributed by atoms with Gasteiger partial charge < -0.3 is 38.1 Å². The number of nitrogens with two attached hydrogens (primary N) is 2. The van der Waals surface area contributed by atoms with Crippen molar-refractivity contribution in [2.75, 3.05) is 38.1 Å². The van der Waals surface area contributed by atoms with Crippen LogP contribution in [0, 0.1) is 0 Å². The van der Waals surface area contributed by atoms with Crippen molar-refractivity contribution < 1.29 is 0 Å². The van der Waals surface area contributed by atoms with Crippen LogP contribution in [-0.4, -0.2) is 0 Å². The summed E-state index contributed by atoms with van der Waals surface area (Å²) in [5, 5.41) is 17.5. The summed E-state index contributed by atoms with van der Waals surface area (Å²) in [6, 6.07) is 44.9. The highest BCUT2D eigenvalue weighted by molar-refractivity contribution is 5.78. The molecule has 9 N–H and O–H groups in total. The van der Waals surface area contributed by atoms with Gasteiger partial charge in [0.2, 0.25) is 0 Å². The molecule has 0 saturated carbocycles. The summed E-state index contributed by atoms with van der Waals surface area (Å²) in [7, 11) is 0. The maximum atomic E-state index is 5.79. The molecule has 44 heavy (non-hydrogen) atoms. The molecule has 6 aromatic rings. The van der Waals surface area contributed by atoms with Gasteiger partial charge in [-0.25, -0.2) is 0 Å². The molecule has 216 valence electrons. The van der Waals surface area contributed by atoms with Gasteiger partial charge in [-0.15, -0.1) is 0 Å². The molecule has 1 heterocycles. The van der Waals surface area contributed by atoms with Gasteiger partial charge in [0.25, 0.3) is 0 Å². The maximum Gasteiger partial charge on any atom is 0.0421 e. The highest BCUT2D eigenvalue weighted by Gasteiger charge is 2.16. The third-order valence-electron chi connectivity index (χ3n) is 7.61. The normalized spacial score (nSPS) is 11.5. The molecule has 7 rings (SSSR count). The molecule has 7 nitrogen and oxygen atoms in total. The molecule has 0 radical (unpaired) electrons. The van der Waals surface area contributed by atoms with E-state index in [4.69, 9.17) is 11.5 Å². The lowest BCUT2D eigenvalue weighted by Gasteiger charge is -2.23. The molecule has 0 unspecified atom stereocenters. The number of rotatable bonds is 8. The van der Waals surface area contributed by atoms with Crippen LogP contribution in [0.15, 0.2) is 133 Å². The van der Waals surface area contributed by atoms with Crippen LogP contribution >= 0.6 is 0 Å². The van der Waals surface area contributed by atoms with E-state index in [2.05, 4.69) is 112 Å². The van der Waals surface area contributed by atoms with E-state index in [1.54, 1.807) is 0 Å². The fourth-order valence-electron chi connectivity index (χ4n) is 5.30. The monoisotopic (exact) mass is 575 g/mol. The fraction of sp³-hybridized carbons (Fsp3) is 0.0270. The standard InChI is InChI=1S/C37H33N7/c38-26-1-5-28(6-2-26)40-30-9-13-32(14-10-30)42-34-17-19-36-24(22-34)21-25-23-35(18-20-37(25)44-36)43-33-15-11-31(12-16-33)41-29-7-3-27(39)4-8-29/h1-20,22-23,40-44H,21,38-39H2. The van der Waals surface area contributed by atoms with Crippen LogP contribution in [0.3, 0.4) is 0 Å². The third-order valence-corrected chi connectivity index (χ3v) is 7.61. The molecule has 0 aromatic heterocycles. The molecule has 0 bridgehead atoms. The van der Waals surface area contributed by atoms with Crippen molar-refractivity contribution in [2.24, 2.45) is 0 Å². The average molecular weight is 576 g/mol. The van der Waals surface area contributed by atoms with Crippen LogP contribution in [0.4, 0.5) is 68.2 Å². The van der Waals surface area contributed by atoms with E-state index < -0.39 is 0 Å². The van der Waals surface area contributed by atoms with Gasteiger partial charge in [-0.2, -0.15) is 0 Å². The van der Waals surface area contributed by atoms with Crippen LogP contribution in [0.1, 0.15) is 11.1 Å². The number of nitrogens with one attached hydrogen (secondary N) is 5. The van der Waals surface area contributed by atoms with Gasteiger partial charge >= 0.3 is 0 Å². The Morgan fingerprint density at radius 3 is 0.977 bits per heavy atom. The second-order valence-corrected chi connectivity index (χ2v) is 10.9. The number of hydrogen-bond acceptors (Lipinski definition) is 7. The zero-order valence-electron chi connectivity index (χ0n) is 24.1. The van der Waals surface area contributed by atoms with Gasteiger partial charge in [0.05, 0.1) is 0 Å². The Morgan fingerprint density at radius 2 is 0.636 bits per heavy atom. The quantitative estimate of drug-likeness (QED) is 0.0904. The molecule has 0 atom stereocenters. The summed E-state index contributed by atoms with van der Waals surface area (Å²) in [4.78, 5) is 0. The fourth-order valence-corrected chi connectivity index (χ4v) is 5.30. The number of hydrogen-bond donors (Lipinski definition) is 7. The summed E-state index contributed by atoms with van der Waals surface area (Å²) in [6.45, 7) is 0. The molecule has 1 aliphatic heterocycles. The first-order valence-corrected chi connectivity index (χ1v) is 14.5. The minimum Gasteiger partial charge on any atom is -0.399 e. The van der Waals surface area contributed by atoms with Gasteiger partial charge in [0, 0.05) is 74.7 Å². The van der Waals surface area contributed by atoms with Gasteiger partial charge in [-0.1, -0.05) is 0 Å². The Kier molecular flexibility index (Phi) is 7.10. The Morgan fingerprint density at radius 1 is 0.364 bits per heavy atom. The Hall–Kier alpha value is -6.08. The minimum absolute atomic E-state index is 0.752. The van der Waals surface area contributed by atoms with Crippen LogP contribution in [0.2, 0.25) is 0 Å². The number of nitrogen functional groups attached to an aromatic ring is 2. The highest BCUT2D eigenvalue weighted by atomic mass is 14.9. The van der Waals surface area contributed by atoms with E-state index in [1.807, 2.05) is 48.5 Å². The van der Waals surface area contributed by atoms with Crippen molar-refractivity contribution in [3.05, 3.63) is 145 Å². The van der Waals surface area contributed by atoms with Gasteiger partial charge in [0.15, 0.2) is 0 Å². The maximum absolute atomic E-state index is 5.79. The molecular formula is C37H33N7. The van der Waals surface area contributed by atoms with Gasteiger partial charge in [-0.05, 0) is 145 Å². The Balaban J connectivity index is 0.992. The molecule has 7 heteroatoms. The first-order chi connectivity index (χ1) is 21.5. The summed E-state index contributed by atoms with van der Waals surface area (Å²) in [5.41, 5.74) is 26.0. The molecule has 0 fully saturated rings. The predicted molar refractivity (Wildman–Crippen MR) is 187 cm³/mol. The van der Waals surface area contributed by atoms with Crippen LogP contribution in [-0.2, 0) is 6.42 Å². The summed E-state index contributed by atoms with van der Waals surface area (Å²) >= 11 is 0. The Labute approximate surface area is 257 Å². The predicted octanol–water partition coefficient (Wildman–Crippen LogP) is 9.47. The van der Waals surface area contributed by atoms with Crippen molar-refractivity contribution in [3.8, 4) is 0 Å². The smallest absolute Gasteiger partial charge is 0.0421 e. The molecule has 6 aromatic carbocycles. The van der Waals surface area contributed by atoms with E-state index in [1.165, 1.54) is 11.1 Å². The van der Waals surface area contributed by atoms with Gasteiger partial charge in [0.1, 0.15) is 0 Å². The van der Waals surface area contributed by atoms with Crippen LogP contribution in [0.5, 0.6) is 0 Å². The number of benzene rings is 6. The first-order valence-electron chi connectivity index (χ1n) is 14.5. The lowest BCUT2D eigenvalue weighted by molar-refractivity contribution is 1.16. The zero-order valence-corrected chi connectivity index (χ0v) is 24.1. The van der Waals surface area contributed by atoms with Crippen molar-refractivity contribution in [1.29, 1.82) is 0 Å². The topological polar surface area (TPSA) is 112 Å². The second kappa shape index (κ2) is 11.7. The van der Waals surface area contributed by atoms with Crippen molar-refractivity contribution in [2.45, 2.75) is 6.42 Å². The van der Waals surface area contributed by atoms with E-state index in [9.17, 15) is 0 Å². The molecular weight excluding hydrogens is 542 g/mol. The minimum atomic E-state index is 0.752. The van der Waals surface area contributed by atoms with Crippen LogP contribution < -0.4 is 38.1 Å². The molecule has 0 aliphatic carbocycles. The van der Waals surface area contributed by atoms with E-state index in [-0.39, 0.29) is 0 Å². The number of anilines is 12. The largest absolute Gasteiger partial charge is 0.399 e. The summed E-state index contributed by atoms with van der Waals surface area (Å²) in [5.74, 6) is 0. The van der Waals surface area contributed by atoms with Crippen molar-refractivity contribution in [1.82, 2.24) is 0 Å². The van der Waals surface area contributed by atoms with Crippen molar-refractivity contribution >= 4 is 68.2 Å². The second-order valence-electron chi connectivity index (χ2n) is 10.9.